The summed E-state index contributed by atoms with van der Waals surface area (Å²) in [6.45, 7) is 5.06. The van der Waals surface area contributed by atoms with Crippen LogP contribution in [0.3, 0.4) is 0 Å². The number of nitrogens with zero attached hydrogens (tertiary/aromatic N) is 2. The van der Waals surface area contributed by atoms with Gasteiger partial charge in [-0.15, -0.1) is 0 Å². The minimum absolute atomic E-state index is 0.338. The van der Waals surface area contributed by atoms with E-state index in [1.807, 2.05) is 37.0 Å². The Morgan fingerprint density at radius 3 is 2.81 bits per heavy atom. The minimum atomic E-state index is 0.338. The van der Waals surface area contributed by atoms with Gasteiger partial charge >= 0.3 is 0 Å². The van der Waals surface area contributed by atoms with Gasteiger partial charge < -0.3 is 20.3 Å². The monoisotopic (exact) mass is 412 g/mol. The van der Waals surface area contributed by atoms with Crippen molar-refractivity contribution >= 4 is 29.3 Å². The van der Waals surface area contributed by atoms with Gasteiger partial charge in [0.15, 0.2) is 5.96 Å². The molecule has 1 fully saturated rings. The van der Waals surface area contributed by atoms with Crippen LogP contribution in [0, 0.1) is 0 Å². The molecule has 0 radical (unpaired) electrons. The molecule has 1 unspecified atom stereocenters. The number of halogens is 1. The molecule has 0 amide bonds. The van der Waals surface area contributed by atoms with Crippen LogP contribution >= 0.6 is 23.4 Å². The fourth-order valence-electron chi connectivity index (χ4n) is 3.35. The lowest BCUT2D eigenvalue weighted by Gasteiger charge is -2.33. The summed E-state index contributed by atoms with van der Waals surface area (Å²) < 4.78 is 5.14. The molecule has 0 aliphatic carbocycles. The summed E-state index contributed by atoms with van der Waals surface area (Å²) in [5.41, 5.74) is 1.24. The molecule has 1 aromatic carbocycles. The third kappa shape index (κ3) is 7.90. The van der Waals surface area contributed by atoms with E-state index in [1.54, 1.807) is 7.11 Å². The third-order valence-corrected chi connectivity index (χ3v) is 6.18. The molecule has 1 aliphatic heterocycles. The van der Waals surface area contributed by atoms with Crippen molar-refractivity contribution in [3.8, 4) is 0 Å². The van der Waals surface area contributed by atoms with Crippen molar-refractivity contribution in [1.29, 1.82) is 0 Å². The van der Waals surface area contributed by atoms with Gasteiger partial charge in [0.1, 0.15) is 0 Å². The molecule has 7 heteroatoms. The van der Waals surface area contributed by atoms with Gasteiger partial charge in [0.25, 0.3) is 0 Å². The Labute approximate surface area is 173 Å². The molecule has 0 bridgehead atoms. The van der Waals surface area contributed by atoms with Crippen LogP contribution < -0.4 is 10.6 Å². The lowest BCUT2D eigenvalue weighted by Crippen LogP contribution is -2.49. The van der Waals surface area contributed by atoms with Crippen molar-refractivity contribution in [2.45, 2.75) is 30.6 Å². The molecule has 0 saturated carbocycles. The molecule has 5 nitrogen and oxygen atoms in total. The van der Waals surface area contributed by atoms with Gasteiger partial charge in [0.05, 0.1) is 0 Å². The number of rotatable bonds is 9. The molecular weight excluding hydrogens is 380 g/mol. The number of likely N-dealkylation sites (tertiary alicyclic amines) is 1. The van der Waals surface area contributed by atoms with Crippen molar-refractivity contribution in [3.05, 3.63) is 34.9 Å². The van der Waals surface area contributed by atoms with Crippen LogP contribution in [0.4, 0.5) is 0 Å². The van der Waals surface area contributed by atoms with Crippen LogP contribution in [0.1, 0.15) is 30.1 Å². The normalized spacial score (nSPS) is 17.7. The average molecular weight is 413 g/mol. The van der Waals surface area contributed by atoms with E-state index >= 15 is 0 Å². The van der Waals surface area contributed by atoms with Crippen molar-refractivity contribution in [2.24, 2.45) is 4.99 Å². The summed E-state index contributed by atoms with van der Waals surface area (Å²) in [5, 5.41) is 8.19. The highest BCUT2D eigenvalue weighted by molar-refractivity contribution is 7.98. The number of thioether (sulfide) groups is 1. The second kappa shape index (κ2) is 12.5. The van der Waals surface area contributed by atoms with Gasteiger partial charge in [0, 0.05) is 63.3 Å². The Kier molecular flexibility index (Phi) is 10.3. The molecule has 0 spiro atoms. The predicted molar refractivity (Wildman–Crippen MR) is 118 cm³/mol. The summed E-state index contributed by atoms with van der Waals surface area (Å²) in [6, 6.07) is 8.57. The summed E-state index contributed by atoms with van der Waals surface area (Å²) in [6.07, 6.45) is 5.53. The highest BCUT2D eigenvalue weighted by atomic mass is 35.5. The van der Waals surface area contributed by atoms with Crippen molar-refractivity contribution in [3.63, 3.8) is 0 Å². The number of aliphatic imine (C=N–C) groups is 1. The minimum Gasteiger partial charge on any atom is -0.385 e. The van der Waals surface area contributed by atoms with Gasteiger partial charge in [-0.25, -0.2) is 0 Å². The van der Waals surface area contributed by atoms with Crippen LogP contribution in [0.15, 0.2) is 29.3 Å². The zero-order chi connectivity index (χ0) is 19.5. The fraction of sp³-hybridized carbons (Fsp3) is 0.650. The van der Waals surface area contributed by atoms with Gasteiger partial charge in [-0.2, -0.15) is 11.8 Å². The number of hydrogen-bond donors (Lipinski definition) is 2. The van der Waals surface area contributed by atoms with E-state index in [9.17, 15) is 0 Å². The molecule has 1 aromatic rings. The van der Waals surface area contributed by atoms with Crippen molar-refractivity contribution in [2.75, 3.05) is 53.2 Å². The molecule has 0 aromatic heterocycles. The van der Waals surface area contributed by atoms with Crippen LogP contribution in [-0.2, 0) is 4.74 Å². The summed E-state index contributed by atoms with van der Waals surface area (Å²) >= 11 is 7.96. The quantitative estimate of drug-likeness (QED) is 0.370. The van der Waals surface area contributed by atoms with E-state index in [1.165, 1.54) is 5.56 Å². The van der Waals surface area contributed by atoms with E-state index in [4.69, 9.17) is 16.3 Å². The van der Waals surface area contributed by atoms with Crippen LogP contribution in [-0.4, -0.2) is 70.1 Å². The number of ether oxygens (including phenoxy) is 1. The Bertz CT molecular complexity index is 579. The maximum absolute atomic E-state index is 6.14. The molecule has 1 atom stereocenters. The van der Waals surface area contributed by atoms with E-state index < -0.39 is 0 Å². The number of methoxy groups -OCH3 is 1. The van der Waals surface area contributed by atoms with Gasteiger partial charge in [0.2, 0.25) is 0 Å². The van der Waals surface area contributed by atoms with E-state index in [0.717, 1.165) is 63.0 Å². The highest BCUT2D eigenvalue weighted by Crippen LogP contribution is 2.27. The standard InChI is InChI=1S/C20H33ClN4OS/c1-22-20(23-15-19(27-3)16-6-4-7-17(21)14-16)24-18-8-11-25(12-9-18)10-5-13-26-2/h4,6-7,14,18-19H,5,8-13,15H2,1-3H3,(H2,22,23,24). The van der Waals surface area contributed by atoms with E-state index in [0.29, 0.717) is 11.3 Å². The second-order valence-electron chi connectivity index (χ2n) is 6.84. The van der Waals surface area contributed by atoms with E-state index in [-0.39, 0.29) is 0 Å². The lowest BCUT2D eigenvalue weighted by molar-refractivity contribution is 0.155. The first kappa shape index (κ1) is 22.3. The first-order chi connectivity index (χ1) is 13.2. The molecule has 2 N–H and O–H groups in total. The first-order valence-corrected chi connectivity index (χ1v) is 11.3. The maximum atomic E-state index is 6.14. The third-order valence-electron chi connectivity index (χ3n) is 4.93. The Morgan fingerprint density at radius 2 is 2.19 bits per heavy atom. The van der Waals surface area contributed by atoms with Crippen LogP contribution in [0.5, 0.6) is 0 Å². The number of piperidine rings is 1. The topological polar surface area (TPSA) is 48.9 Å². The molecular formula is C20H33ClN4OS. The summed E-state index contributed by atoms with van der Waals surface area (Å²) in [4.78, 5) is 6.93. The Hall–Kier alpha value is -0.950. The van der Waals surface area contributed by atoms with Crippen LogP contribution in [0.2, 0.25) is 5.02 Å². The van der Waals surface area contributed by atoms with Gasteiger partial charge in [-0.1, -0.05) is 23.7 Å². The molecule has 152 valence electrons. The van der Waals surface area contributed by atoms with E-state index in [2.05, 4.69) is 32.8 Å². The second-order valence-corrected chi connectivity index (χ2v) is 8.32. The number of guanidine groups is 1. The number of hydrogen-bond acceptors (Lipinski definition) is 4. The predicted octanol–water partition coefficient (Wildman–Crippen LogP) is 3.41. The smallest absolute Gasteiger partial charge is 0.191 e. The summed E-state index contributed by atoms with van der Waals surface area (Å²) in [7, 11) is 3.60. The zero-order valence-corrected chi connectivity index (χ0v) is 18.3. The molecule has 1 saturated heterocycles. The summed E-state index contributed by atoms with van der Waals surface area (Å²) in [5.74, 6) is 0.883. The Balaban J connectivity index is 1.76. The van der Waals surface area contributed by atoms with Crippen molar-refractivity contribution in [1.82, 2.24) is 15.5 Å². The van der Waals surface area contributed by atoms with Gasteiger partial charge in [-0.05, 0) is 43.2 Å². The Morgan fingerprint density at radius 1 is 1.41 bits per heavy atom. The molecule has 2 rings (SSSR count). The SMILES string of the molecule is CN=C(NCC(SC)c1cccc(Cl)c1)NC1CCN(CCCOC)CC1. The fourth-order valence-corrected chi connectivity index (χ4v) is 4.22. The molecule has 1 aliphatic rings. The zero-order valence-electron chi connectivity index (χ0n) is 16.7. The molecule has 1 heterocycles. The van der Waals surface area contributed by atoms with Gasteiger partial charge in [-0.3, -0.25) is 4.99 Å². The largest absolute Gasteiger partial charge is 0.385 e. The number of benzene rings is 1. The lowest BCUT2D eigenvalue weighted by atomic mass is 10.1. The van der Waals surface area contributed by atoms with Crippen molar-refractivity contribution < 1.29 is 4.74 Å². The highest BCUT2D eigenvalue weighted by Gasteiger charge is 2.20. The maximum Gasteiger partial charge on any atom is 0.191 e. The van der Waals surface area contributed by atoms with Crippen LogP contribution in [0.25, 0.3) is 0 Å². The number of nitrogens with one attached hydrogen (secondary N) is 2. The first-order valence-electron chi connectivity index (χ1n) is 9.63. The molecule has 27 heavy (non-hydrogen) atoms. The average Bonchev–Trinajstić information content (AvgIpc) is 2.69.